The van der Waals surface area contributed by atoms with Gasteiger partial charge >= 0.3 is 0 Å². The molecule has 0 aliphatic carbocycles. The number of aliphatic imine (C=N–C) groups is 1. The number of nitrogens with zero attached hydrogens (tertiary/aromatic N) is 2. The summed E-state index contributed by atoms with van der Waals surface area (Å²) in [6, 6.07) is 8.57. The maximum Gasteiger partial charge on any atom is 0.225 e. The molecule has 2 aliphatic heterocycles. The number of hydrogen-bond donors (Lipinski definition) is 3. The monoisotopic (exact) mass is 371 g/mol. The number of guanidine groups is 1. The molecular formula is C21H33N5O. The number of carbonyl (C=O) groups excluding carboxylic acids is 1. The Hall–Kier alpha value is -2.08. The molecule has 6 nitrogen and oxygen atoms in total. The van der Waals surface area contributed by atoms with E-state index < -0.39 is 0 Å². The summed E-state index contributed by atoms with van der Waals surface area (Å²) < 4.78 is 0. The van der Waals surface area contributed by atoms with Crippen molar-refractivity contribution in [3.05, 3.63) is 29.8 Å². The van der Waals surface area contributed by atoms with Gasteiger partial charge in [0, 0.05) is 44.2 Å². The quantitative estimate of drug-likeness (QED) is 0.531. The Morgan fingerprint density at radius 1 is 1.26 bits per heavy atom. The lowest BCUT2D eigenvalue weighted by Gasteiger charge is -2.32. The van der Waals surface area contributed by atoms with Crippen LogP contribution in [-0.4, -0.2) is 56.0 Å². The summed E-state index contributed by atoms with van der Waals surface area (Å²) in [7, 11) is 1.80. The van der Waals surface area contributed by atoms with E-state index in [0.717, 1.165) is 18.2 Å². The van der Waals surface area contributed by atoms with Gasteiger partial charge < -0.3 is 16.0 Å². The van der Waals surface area contributed by atoms with Crippen LogP contribution in [0, 0.1) is 5.92 Å². The number of likely N-dealkylation sites (tertiary alicyclic amines) is 1. The number of para-hydroxylation sites is 1. The maximum atomic E-state index is 12.0. The highest BCUT2D eigenvalue weighted by Crippen LogP contribution is 2.31. The second-order valence-corrected chi connectivity index (χ2v) is 7.92. The highest BCUT2D eigenvalue weighted by Gasteiger charge is 2.26. The number of benzene rings is 1. The Bertz CT molecular complexity index is 666. The molecule has 2 atom stereocenters. The molecule has 0 aromatic heterocycles. The van der Waals surface area contributed by atoms with E-state index in [4.69, 9.17) is 0 Å². The molecule has 27 heavy (non-hydrogen) atoms. The standard InChI is InChI=1S/C21H33N5O/c1-15(2)19(26-10-6-7-11-26)14-24-21(22-3)23-13-16-12-20(27)25-18-9-5-4-8-17(16)18/h4-5,8-9,15-16,19H,6-7,10-14H2,1-3H3,(H,25,27)(H2,22,23,24). The highest BCUT2D eigenvalue weighted by molar-refractivity contribution is 5.94. The molecule has 148 valence electrons. The lowest BCUT2D eigenvalue weighted by molar-refractivity contribution is -0.116. The first kappa shape index (κ1) is 19.7. The second-order valence-electron chi connectivity index (χ2n) is 7.92. The topological polar surface area (TPSA) is 68.8 Å². The number of rotatable bonds is 6. The van der Waals surface area contributed by atoms with E-state index in [1.807, 2.05) is 18.2 Å². The smallest absolute Gasteiger partial charge is 0.225 e. The Kier molecular flexibility index (Phi) is 6.72. The number of hydrogen-bond acceptors (Lipinski definition) is 3. The molecule has 1 aromatic carbocycles. The van der Waals surface area contributed by atoms with E-state index >= 15 is 0 Å². The van der Waals surface area contributed by atoms with Gasteiger partial charge in [-0.2, -0.15) is 0 Å². The Labute approximate surface area is 162 Å². The normalized spacial score (nSPS) is 21.7. The Balaban J connectivity index is 1.55. The first-order valence-electron chi connectivity index (χ1n) is 10.2. The summed E-state index contributed by atoms with van der Waals surface area (Å²) >= 11 is 0. The van der Waals surface area contributed by atoms with E-state index in [2.05, 4.69) is 45.8 Å². The molecule has 0 bridgehead atoms. The van der Waals surface area contributed by atoms with Crippen molar-refractivity contribution in [2.45, 2.75) is 45.1 Å². The van der Waals surface area contributed by atoms with E-state index in [0.29, 0.717) is 24.9 Å². The van der Waals surface area contributed by atoms with Crippen molar-refractivity contribution in [1.29, 1.82) is 0 Å². The predicted octanol–water partition coefficient (Wildman–Crippen LogP) is 2.40. The first-order valence-corrected chi connectivity index (χ1v) is 10.2. The first-order chi connectivity index (χ1) is 13.1. The summed E-state index contributed by atoms with van der Waals surface area (Å²) in [4.78, 5) is 19.0. The van der Waals surface area contributed by atoms with Gasteiger partial charge in [-0.25, -0.2) is 0 Å². The lowest BCUT2D eigenvalue weighted by Crippen LogP contribution is -2.49. The highest BCUT2D eigenvalue weighted by atomic mass is 16.1. The largest absolute Gasteiger partial charge is 0.356 e. The van der Waals surface area contributed by atoms with Crippen LogP contribution in [0.25, 0.3) is 0 Å². The Morgan fingerprint density at radius 3 is 2.70 bits per heavy atom. The van der Waals surface area contributed by atoms with Gasteiger partial charge in [0.05, 0.1) is 0 Å². The van der Waals surface area contributed by atoms with E-state index in [9.17, 15) is 4.79 Å². The van der Waals surface area contributed by atoms with Crippen LogP contribution in [0.2, 0.25) is 0 Å². The van der Waals surface area contributed by atoms with Gasteiger partial charge in [0.1, 0.15) is 0 Å². The van der Waals surface area contributed by atoms with Crippen molar-refractivity contribution < 1.29 is 4.79 Å². The molecule has 1 saturated heterocycles. The van der Waals surface area contributed by atoms with Gasteiger partial charge in [0.25, 0.3) is 0 Å². The minimum atomic E-state index is 0.0809. The molecule has 0 saturated carbocycles. The van der Waals surface area contributed by atoms with Crippen molar-refractivity contribution in [3.63, 3.8) is 0 Å². The minimum Gasteiger partial charge on any atom is -0.356 e. The molecule has 2 unspecified atom stereocenters. The lowest BCUT2D eigenvalue weighted by atomic mass is 9.90. The molecule has 1 aromatic rings. The SMILES string of the molecule is CN=C(NCC1CC(=O)Nc2ccccc21)NCC(C(C)C)N1CCCC1. The maximum absolute atomic E-state index is 12.0. The number of amides is 1. The molecule has 1 amide bonds. The third-order valence-corrected chi connectivity index (χ3v) is 5.70. The van der Waals surface area contributed by atoms with Gasteiger partial charge in [-0.1, -0.05) is 32.0 Å². The summed E-state index contributed by atoms with van der Waals surface area (Å²) in [5.74, 6) is 1.65. The van der Waals surface area contributed by atoms with Gasteiger partial charge in [-0.3, -0.25) is 14.7 Å². The Morgan fingerprint density at radius 2 is 2.00 bits per heavy atom. The molecular weight excluding hydrogens is 338 g/mol. The second kappa shape index (κ2) is 9.22. The van der Waals surface area contributed by atoms with Crippen LogP contribution >= 0.6 is 0 Å². The van der Waals surface area contributed by atoms with Gasteiger partial charge in [-0.05, 0) is 43.5 Å². The average molecular weight is 372 g/mol. The molecule has 3 rings (SSSR count). The van der Waals surface area contributed by atoms with E-state index in [1.54, 1.807) is 7.05 Å². The van der Waals surface area contributed by atoms with Crippen LogP contribution in [0.1, 0.15) is 44.6 Å². The fraction of sp³-hybridized carbons (Fsp3) is 0.619. The average Bonchev–Trinajstić information content (AvgIpc) is 3.18. The van der Waals surface area contributed by atoms with Crippen molar-refractivity contribution >= 4 is 17.6 Å². The van der Waals surface area contributed by atoms with Crippen molar-refractivity contribution in [2.75, 3.05) is 38.5 Å². The summed E-state index contributed by atoms with van der Waals surface area (Å²) in [6.07, 6.45) is 3.11. The van der Waals surface area contributed by atoms with Crippen molar-refractivity contribution in [1.82, 2.24) is 15.5 Å². The molecule has 3 N–H and O–H groups in total. The molecule has 2 aliphatic rings. The summed E-state index contributed by atoms with van der Waals surface area (Å²) in [6.45, 7) is 8.56. The van der Waals surface area contributed by atoms with Crippen LogP contribution < -0.4 is 16.0 Å². The zero-order valence-electron chi connectivity index (χ0n) is 16.8. The van der Waals surface area contributed by atoms with E-state index in [1.165, 1.54) is 31.5 Å². The van der Waals surface area contributed by atoms with Crippen molar-refractivity contribution in [2.24, 2.45) is 10.9 Å². The zero-order valence-corrected chi connectivity index (χ0v) is 16.8. The number of fused-ring (bicyclic) bond motifs is 1. The zero-order chi connectivity index (χ0) is 19.2. The fourth-order valence-corrected chi connectivity index (χ4v) is 4.19. The summed E-state index contributed by atoms with van der Waals surface area (Å²) in [5.41, 5.74) is 2.12. The molecule has 1 fully saturated rings. The molecule has 0 spiro atoms. The van der Waals surface area contributed by atoms with Crippen LogP contribution in [0.5, 0.6) is 0 Å². The summed E-state index contributed by atoms with van der Waals surface area (Å²) in [5, 5.41) is 9.88. The molecule has 6 heteroatoms. The minimum absolute atomic E-state index is 0.0809. The van der Waals surface area contributed by atoms with Crippen LogP contribution in [0.3, 0.4) is 0 Å². The fourth-order valence-electron chi connectivity index (χ4n) is 4.19. The van der Waals surface area contributed by atoms with Gasteiger partial charge in [0.2, 0.25) is 5.91 Å². The van der Waals surface area contributed by atoms with Gasteiger partial charge in [-0.15, -0.1) is 0 Å². The number of nitrogens with one attached hydrogen (secondary N) is 3. The number of anilines is 1. The van der Waals surface area contributed by atoms with Crippen LogP contribution in [-0.2, 0) is 4.79 Å². The van der Waals surface area contributed by atoms with Crippen LogP contribution in [0.15, 0.2) is 29.3 Å². The van der Waals surface area contributed by atoms with Gasteiger partial charge in [0.15, 0.2) is 5.96 Å². The third kappa shape index (κ3) is 5.01. The predicted molar refractivity (Wildman–Crippen MR) is 111 cm³/mol. The molecule has 0 radical (unpaired) electrons. The number of carbonyl (C=O) groups is 1. The third-order valence-electron chi connectivity index (χ3n) is 5.70. The van der Waals surface area contributed by atoms with E-state index in [-0.39, 0.29) is 11.8 Å². The molecule has 2 heterocycles. The van der Waals surface area contributed by atoms with Crippen molar-refractivity contribution in [3.8, 4) is 0 Å². The van der Waals surface area contributed by atoms with Crippen LogP contribution in [0.4, 0.5) is 5.69 Å².